The van der Waals surface area contributed by atoms with E-state index in [4.69, 9.17) is 5.11 Å². The van der Waals surface area contributed by atoms with Gasteiger partial charge in [0.2, 0.25) is 0 Å². The zero-order valence-electron chi connectivity index (χ0n) is 12.6. The van der Waals surface area contributed by atoms with Gasteiger partial charge < -0.3 is 10.4 Å². The maximum Gasteiger partial charge on any atom is 0.252 e. The number of carbonyl (C=O) groups excluding carboxylic acids is 1. The maximum atomic E-state index is 12.3. The van der Waals surface area contributed by atoms with Gasteiger partial charge in [-0.2, -0.15) is 0 Å². The van der Waals surface area contributed by atoms with Crippen molar-refractivity contribution in [1.82, 2.24) is 5.32 Å². The standard InChI is InChI=1S/C16H21NO3S/c1-12-7-8-15(14(10-12)6-4-5-9-18)16(19)17-13(2)11-21(3)20/h7-8,10,13,18H,5,9,11H2,1-3H3,(H,17,19). The van der Waals surface area contributed by atoms with Gasteiger partial charge in [-0.05, 0) is 31.5 Å². The summed E-state index contributed by atoms with van der Waals surface area (Å²) in [6, 6.07) is 5.28. The van der Waals surface area contributed by atoms with Gasteiger partial charge in [0.25, 0.3) is 5.91 Å². The normalized spacial score (nSPS) is 13.0. The van der Waals surface area contributed by atoms with E-state index in [2.05, 4.69) is 17.2 Å². The highest BCUT2D eigenvalue weighted by Crippen LogP contribution is 2.11. The first-order valence-electron chi connectivity index (χ1n) is 6.75. The molecule has 0 fully saturated rings. The summed E-state index contributed by atoms with van der Waals surface area (Å²) in [7, 11) is -0.954. The molecule has 0 aliphatic rings. The summed E-state index contributed by atoms with van der Waals surface area (Å²) in [6.07, 6.45) is 1.99. The van der Waals surface area contributed by atoms with Gasteiger partial charge in [0.15, 0.2) is 0 Å². The fourth-order valence-electron chi connectivity index (χ4n) is 1.87. The fraction of sp³-hybridized carbons (Fsp3) is 0.438. The molecule has 21 heavy (non-hydrogen) atoms. The Kier molecular flexibility index (Phi) is 7.13. The first-order valence-corrected chi connectivity index (χ1v) is 8.48. The second-order valence-electron chi connectivity index (χ2n) is 4.94. The predicted octanol–water partition coefficient (Wildman–Crippen LogP) is 1.23. The molecule has 1 aromatic rings. The molecule has 0 heterocycles. The summed E-state index contributed by atoms with van der Waals surface area (Å²) >= 11 is 0. The Morgan fingerprint density at radius 2 is 2.19 bits per heavy atom. The van der Waals surface area contributed by atoms with Gasteiger partial charge in [-0.15, -0.1) is 0 Å². The van der Waals surface area contributed by atoms with E-state index in [1.54, 1.807) is 12.3 Å². The number of aliphatic hydroxyl groups excluding tert-OH is 1. The molecule has 2 N–H and O–H groups in total. The number of nitrogens with one attached hydrogen (secondary N) is 1. The average Bonchev–Trinajstić information content (AvgIpc) is 2.37. The number of carbonyl (C=O) groups is 1. The van der Waals surface area contributed by atoms with Crippen molar-refractivity contribution in [2.24, 2.45) is 0 Å². The summed E-state index contributed by atoms with van der Waals surface area (Å²) in [5.41, 5.74) is 2.16. The van der Waals surface area contributed by atoms with E-state index in [1.807, 2.05) is 26.0 Å². The van der Waals surface area contributed by atoms with Crippen LogP contribution in [0.5, 0.6) is 0 Å². The molecule has 0 aliphatic carbocycles. The third-order valence-electron chi connectivity index (χ3n) is 2.74. The van der Waals surface area contributed by atoms with Crippen LogP contribution in [0.25, 0.3) is 0 Å². The maximum absolute atomic E-state index is 12.3. The van der Waals surface area contributed by atoms with E-state index in [1.165, 1.54) is 0 Å². The van der Waals surface area contributed by atoms with Crippen LogP contribution in [0.15, 0.2) is 18.2 Å². The van der Waals surface area contributed by atoms with Crippen LogP contribution in [0, 0.1) is 18.8 Å². The number of amides is 1. The first-order chi connectivity index (χ1) is 9.93. The summed E-state index contributed by atoms with van der Waals surface area (Å²) in [6.45, 7) is 3.76. The van der Waals surface area contributed by atoms with Crippen LogP contribution in [0.2, 0.25) is 0 Å². The Morgan fingerprint density at radius 3 is 2.81 bits per heavy atom. The zero-order chi connectivity index (χ0) is 15.8. The Morgan fingerprint density at radius 1 is 1.48 bits per heavy atom. The quantitative estimate of drug-likeness (QED) is 0.804. The molecule has 5 heteroatoms. The van der Waals surface area contributed by atoms with Crippen LogP contribution in [0.3, 0.4) is 0 Å². The van der Waals surface area contributed by atoms with Crippen molar-refractivity contribution in [2.45, 2.75) is 26.3 Å². The molecule has 0 radical (unpaired) electrons. The number of aryl methyl sites for hydroxylation is 1. The molecule has 2 atom stereocenters. The lowest BCUT2D eigenvalue weighted by Crippen LogP contribution is -2.36. The highest BCUT2D eigenvalue weighted by molar-refractivity contribution is 7.84. The number of rotatable bonds is 5. The van der Waals surface area contributed by atoms with Crippen LogP contribution in [0.4, 0.5) is 0 Å². The van der Waals surface area contributed by atoms with Gasteiger partial charge >= 0.3 is 0 Å². The highest BCUT2D eigenvalue weighted by Gasteiger charge is 2.14. The van der Waals surface area contributed by atoms with E-state index in [0.29, 0.717) is 23.3 Å². The Hall–Kier alpha value is -1.64. The Labute approximate surface area is 128 Å². The second-order valence-corrected chi connectivity index (χ2v) is 6.42. The van der Waals surface area contributed by atoms with Gasteiger partial charge in [-0.3, -0.25) is 9.00 Å². The van der Waals surface area contributed by atoms with Crippen LogP contribution >= 0.6 is 0 Å². The van der Waals surface area contributed by atoms with Crippen LogP contribution in [-0.2, 0) is 10.8 Å². The van der Waals surface area contributed by atoms with Gasteiger partial charge in [-0.25, -0.2) is 0 Å². The minimum Gasteiger partial charge on any atom is -0.395 e. The third-order valence-corrected chi connectivity index (χ3v) is 3.71. The molecule has 1 amide bonds. The SMILES string of the molecule is Cc1ccc(C(=O)NC(C)CS(C)=O)c(C#CCCO)c1. The van der Waals surface area contributed by atoms with E-state index >= 15 is 0 Å². The van der Waals surface area contributed by atoms with E-state index in [-0.39, 0.29) is 18.6 Å². The fourth-order valence-corrected chi connectivity index (χ4v) is 2.66. The molecule has 0 aromatic heterocycles. The highest BCUT2D eigenvalue weighted by atomic mass is 32.2. The molecule has 114 valence electrons. The minimum atomic E-state index is -0.954. The molecule has 4 nitrogen and oxygen atoms in total. The number of benzene rings is 1. The number of hydrogen-bond acceptors (Lipinski definition) is 3. The molecule has 2 unspecified atom stereocenters. The predicted molar refractivity (Wildman–Crippen MR) is 85.6 cm³/mol. The first kappa shape index (κ1) is 17.4. The summed E-state index contributed by atoms with van der Waals surface area (Å²) in [5, 5.41) is 11.6. The molecular weight excluding hydrogens is 286 g/mol. The van der Waals surface area contributed by atoms with Gasteiger partial charge in [0.05, 0.1) is 12.2 Å². The lowest BCUT2D eigenvalue weighted by molar-refractivity contribution is 0.0943. The van der Waals surface area contributed by atoms with Gasteiger partial charge in [0.1, 0.15) is 0 Å². The number of aliphatic hydroxyl groups is 1. The molecule has 0 spiro atoms. The van der Waals surface area contributed by atoms with Crippen LogP contribution < -0.4 is 5.32 Å². The molecule has 0 aliphatic heterocycles. The molecule has 1 aromatic carbocycles. The molecule has 0 saturated heterocycles. The lowest BCUT2D eigenvalue weighted by Gasteiger charge is -2.13. The zero-order valence-corrected chi connectivity index (χ0v) is 13.4. The topological polar surface area (TPSA) is 66.4 Å². The van der Waals surface area contributed by atoms with Crippen molar-refractivity contribution < 1.29 is 14.1 Å². The van der Waals surface area contributed by atoms with E-state index in [9.17, 15) is 9.00 Å². The minimum absolute atomic E-state index is 0.000304. The van der Waals surface area contributed by atoms with Gasteiger partial charge in [0, 0.05) is 40.8 Å². The number of hydrogen-bond donors (Lipinski definition) is 2. The summed E-state index contributed by atoms with van der Waals surface area (Å²) < 4.78 is 11.2. The molecule has 0 bridgehead atoms. The Balaban J connectivity index is 2.93. The largest absolute Gasteiger partial charge is 0.395 e. The van der Waals surface area contributed by atoms with Crippen LogP contribution in [-0.4, -0.2) is 39.9 Å². The molecular formula is C16H21NO3S. The van der Waals surface area contributed by atoms with Crippen molar-refractivity contribution in [3.63, 3.8) is 0 Å². The molecule has 0 saturated carbocycles. The van der Waals surface area contributed by atoms with Crippen molar-refractivity contribution in [1.29, 1.82) is 0 Å². The smallest absolute Gasteiger partial charge is 0.252 e. The van der Waals surface area contributed by atoms with Crippen molar-refractivity contribution in [2.75, 3.05) is 18.6 Å². The third kappa shape index (κ3) is 6.11. The van der Waals surface area contributed by atoms with Crippen LogP contribution in [0.1, 0.15) is 34.8 Å². The van der Waals surface area contributed by atoms with E-state index in [0.717, 1.165) is 5.56 Å². The average molecular weight is 307 g/mol. The summed E-state index contributed by atoms with van der Waals surface area (Å²) in [4.78, 5) is 12.3. The lowest BCUT2D eigenvalue weighted by atomic mass is 10.0. The monoisotopic (exact) mass is 307 g/mol. The van der Waals surface area contributed by atoms with Gasteiger partial charge in [-0.1, -0.05) is 17.9 Å². The van der Waals surface area contributed by atoms with Crippen molar-refractivity contribution in [3.05, 3.63) is 34.9 Å². The Bertz CT molecular complexity index is 587. The molecule has 1 rings (SSSR count). The van der Waals surface area contributed by atoms with E-state index < -0.39 is 10.8 Å². The second kappa shape index (κ2) is 8.60. The van der Waals surface area contributed by atoms with Crippen molar-refractivity contribution >= 4 is 16.7 Å². The summed E-state index contributed by atoms with van der Waals surface area (Å²) in [5.74, 6) is 5.95. The van der Waals surface area contributed by atoms with Crippen molar-refractivity contribution in [3.8, 4) is 11.8 Å².